The molecule has 0 aromatic carbocycles. The predicted octanol–water partition coefficient (Wildman–Crippen LogP) is 3.03. The lowest BCUT2D eigenvalue weighted by Crippen LogP contribution is -2.28. The minimum absolute atomic E-state index is 0.0787. The number of pyridine rings is 1. The second-order valence-electron chi connectivity index (χ2n) is 7.64. The average molecular weight is 390 g/mol. The highest BCUT2D eigenvalue weighted by atomic mass is 32.2. The van der Waals surface area contributed by atoms with Crippen molar-refractivity contribution in [1.29, 1.82) is 5.26 Å². The summed E-state index contributed by atoms with van der Waals surface area (Å²) in [6, 6.07) is 5.73. The second kappa shape index (κ2) is 6.23. The van der Waals surface area contributed by atoms with Crippen LogP contribution in [-0.4, -0.2) is 35.2 Å². The molecule has 2 aromatic rings. The number of aromatic nitrogens is 2. The Morgan fingerprint density at radius 2 is 2.07 bits per heavy atom. The zero-order chi connectivity index (χ0) is 20.0. The van der Waals surface area contributed by atoms with Gasteiger partial charge in [-0.1, -0.05) is 13.0 Å². The van der Waals surface area contributed by atoms with Crippen molar-refractivity contribution in [3.8, 4) is 6.07 Å². The first kappa shape index (κ1) is 19.2. The van der Waals surface area contributed by atoms with E-state index in [1.54, 1.807) is 39.1 Å². The molecule has 3 rings (SSSR count). The van der Waals surface area contributed by atoms with Crippen LogP contribution in [0.15, 0.2) is 23.4 Å². The number of carbonyl (C=O) groups is 1. The van der Waals surface area contributed by atoms with Crippen LogP contribution in [-0.2, 0) is 20.0 Å². The highest BCUT2D eigenvalue weighted by Gasteiger charge is 2.45. The number of nitrogens with zero attached hydrogens (tertiary/aromatic N) is 3. The fourth-order valence-corrected chi connectivity index (χ4v) is 3.92. The van der Waals surface area contributed by atoms with Crippen LogP contribution in [0.2, 0.25) is 0 Å². The third-order valence-corrected chi connectivity index (χ3v) is 6.12. The largest absolute Gasteiger partial charge is 0.444 e. The van der Waals surface area contributed by atoms with E-state index >= 15 is 0 Å². The zero-order valence-corrected chi connectivity index (χ0v) is 16.6. The maximum absolute atomic E-state index is 12.7. The van der Waals surface area contributed by atoms with Gasteiger partial charge >= 0.3 is 6.09 Å². The van der Waals surface area contributed by atoms with E-state index in [0.29, 0.717) is 5.65 Å². The summed E-state index contributed by atoms with van der Waals surface area (Å²) in [5.74, 6) is -0.234. The smallest absolute Gasteiger partial charge is 0.413 e. The van der Waals surface area contributed by atoms with E-state index in [1.165, 1.54) is 11.3 Å². The average Bonchev–Trinajstić information content (AvgIpc) is 3.28. The summed E-state index contributed by atoms with van der Waals surface area (Å²) in [6.07, 6.45) is 2.32. The molecule has 27 heavy (non-hydrogen) atoms. The first-order valence-electron chi connectivity index (χ1n) is 8.68. The summed E-state index contributed by atoms with van der Waals surface area (Å²) >= 11 is 0. The van der Waals surface area contributed by atoms with E-state index in [-0.39, 0.29) is 16.6 Å². The van der Waals surface area contributed by atoms with Gasteiger partial charge in [0.2, 0.25) is 0 Å². The number of sulfone groups is 1. The lowest BCUT2D eigenvalue weighted by molar-refractivity contribution is 0.0635. The summed E-state index contributed by atoms with van der Waals surface area (Å²) < 4.78 is 32.0. The fraction of sp³-hybridized carbons (Fsp3) is 0.500. The summed E-state index contributed by atoms with van der Waals surface area (Å²) in [6.45, 7) is 6.66. The summed E-state index contributed by atoms with van der Waals surface area (Å²) in [4.78, 5) is 16.4. The van der Waals surface area contributed by atoms with E-state index in [9.17, 15) is 18.5 Å². The van der Waals surface area contributed by atoms with Gasteiger partial charge in [0.05, 0.1) is 17.2 Å². The highest BCUT2D eigenvalue weighted by molar-refractivity contribution is 7.91. The van der Waals surface area contributed by atoms with Gasteiger partial charge in [-0.2, -0.15) is 5.26 Å². The number of nitriles is 1. The van der Waals surface area contributed by atoms with E-state index in [2.05, 4.69) is 16.4 Å². The minimum Gasteiger partial charge on any atom is -0.444 e. The fourth-order valence-electron chi connectivity index (χ4n) is 2.81. The quantitative estimate of drug-likeness (QED) is 0.858. The van der Waals surface area contributed by atoms with Gasteiger partial charge in [0.25, 0.3) is 0 Å². The van der Waals surface area contributed by atoms with Crippen LogP contribution in [0.1, 0.15) is 46.1 Å². The highest BCUT2D eigenvalue weighted by Crippen LogP contribution is 2.47. The molecule has 1 saturated carbocycles. The van der Waals surface area contributed by atoms with E-state index in [1.807, 2.05) is 0 Å². The molecule has 9 heteroatoms. The van der Waals surface area contributed by atoms with Crippen molar-refractivity contribution < 1.29 is 17.9 Å². The number of amides is 1. The van der Waals surface area contributed by atoms with Crippen LogP contribution in [0.5, 0.6) is 0 Å². The number of rotatable bonds is 4. The van der Waals surface area contributed by atoms with E-state index in [0.717, 1.165) is 18.4 Å². The molecule has 0 radical (unpaired) electrons. The Hall–Kier alpha value is -2.60. The molecule has 0 spiro atoms. The first-order chi connectivity index (χ1) is 12.5. The molecule has 0 bridgehead atoms. The molecular formula is C18H22N4O4S. The molecule has 2 heterocycles. The summed E-state index contributed by atoms with van der Waals surface area (Å²) in [7, 11) is -3.70. The Kier molecular flexibility index (Phi) is 4.43. The monoisotopic (exact) mass is 390 g/mol. The Morgan fingerprint density at radius 3 is 2.59 bits per heavy atom. The lowest BCUT2D eigenvalue weighted by Gasteiger charge is -2.19. The molecule has 1 fully saturated rings. The van der Waals surface area contributed by atoms with Gasteiger partial charge in [0, 0.05) is 6.20 Å². The van der Waals surface area contributed by atoms with Crippen LogP contribution in [0.25, 0.3) is 5.65 Å². The van der Waals surface area contributed by atoms with E-state index < -0.39 is 26.9 Å². The van der Waals surface area contributed by atoms with Crippen LogP contribution in [0, 0.1) is 11.3 Å². The predicted molar refractivity (Wildman–Crippen MR) is 99.3 cm³/mol. The number of imidazole rings is 1. The number of ether oxygens (including phenoxy) is 1. The molecule has 1 amide bonds. The molecule has 1 aliphatic carbocycles. The number of carbonyl (C=O) groups excluding carboxylic acids is 1. The van der Waals surface area contributed by atoms with Crippen molar-refractivity contribution in [1.82, 2.24) is 9.38 Å². The van der Waals surface area contributed by atoms with E-state index in [4.69, 9.17) is 4.74 Å². The van der Waals surface area contributed by atoms with Crippen molar-refractivity contribution in [2.75, 3.05) is 11.1 Å². The molecule has 144 valence electrons. The number of nitrogens with one attached hydrogen (secondary N) is 1. The van der Waals surface area contributed by atoms with Crippen molar-refractivity contribution in [2.45, 2.75) is 56.6 Å². The topological polar surface area (TPSA) is 114 Å². The Balaban J connectivity index is 2.12. The van der Waals surface area contributed by atoms with Crippen LogP contribution in [0.3, 0.4) is 0 Å². The molecule has 0 unspecified atom stereocenters. The Bertz CT molecular complexity index is 1050. The number of hydrogen-bond donors (Lipinski definition) is 1. The Morgan fingerprint density at radius 1 is 1.41 bits per heavy atom. The maximum atomic E-state index is 12.7. The third kappa shape index (κ3) is 3.62. The van der Waals surface area contributed by atoms with Crippen LogP contribution >= 0.6 is 0 Å². The van der Waals surface area contributed by atoms with Crippen LogP contribution < -0.4 is 5.32 Å². The second-order valence-corrected chi connectivity index (χ2v) is 9.83. The summed E-state index contributed by atoms with van der Waals surface area (Å²) in [5, 5.41) is 11.8. The molecule has 2 aromatic heterocycles. The first-order valence-corrected chi connectivity index (χ1v) is 10.3. The maximum Gasteiger partial charge on any atom is 0.413 e. The van der Waals surface area contributed by atoms with Crippen molar-refractivity contribution >= 4 is 27.4 Å². The number of hydrogen-bond acceptors (Lipinski definition) is 6. The van der Waals surface area contributed by atoms with Gasteiger partial charge in [-0.15, -0.1) is 0 Å². The lowest BCUT2D eigenvalue weighted by atomic mass is 10.00. The third-order valence-electron chi connectivity index (χ3n) is 4.39. The van der Waals surface area contributed by atoms with Crippen molar-refractivity contribution in [3.05, 3.63) is 23.9 Å². The minimum atomic E-state index is -3.70. The van der Waals surface area contributed by atoms with Gasteiger partial charge in [-0.05, 0) is 45.2 Å². The molecular weight excluding hydrogens is 368 g/mol. The van der Waals surface area contributed by atoms with Crippen molar-refractivity contribution in [3.63, 3.8) is 0 Å². The van der Waals surface area contributed by atoms with Crippen LogP contribution in [0.4, 0.5) is 10.6 Å². The molecule has 0 saturated heterocycles. The molecule has 0 atom stereocenters. The normalized spacial score (nSPS) is 16.0. The molecule has 0 aliphatic heterocycles. The standard InChI is InChI=1S/C18H22N4O4S/c1-5-27(24,25)15-14(21-16(23)26-17(2,3)4)20-13-7-6-12(10-22(13)15)18(11-19)8-9-18/h6-7,10H,5,8-9H2,1-4H3,(H,21,23). The summed E-state index contributed by atoms with van der Waals surface area (Å²) in [5.41, 5.74) is -0.188. The van der Waals surface area contributed by atoms with Gasteiger partial charge in [0.1, 0.15) is 11.2 Å². The molecule has 1 aliphatic rings. The SMILES string of the molecule is CCS(=O)(=O)c1c(NC(=O)OC(C)(C)C)nc2ccc(C3(C#N)CC3)cn12. The van der Waals surface area contributed by atoms with Crippen molar-refractivity contribution in [2.24, 2.45) is 0 Å². The van der Waals surface area contributed by atoms with Gasteiger partial charge in [0.15, 0.2) is 20.7 Å². The molecule has 1 N–H and O–H groups in total. The zero-order valence-electron chi connectivity index (χ0n) is 15.7. The number of anilines is 1. The van der Waals surface area contributed by atoms with Gasteiger partial charge in [-0.3, -0.25) is 9.72 Å². The van der Waals surface area contributed by atoms with Gasteiger partial charge < -0.3 is 4.74 Å². The Labute approximate surface area is 158 Å². The number of fused-ring (bicyclic) bond motifs is 1. The van der Waals surface area contributed by atoms with Gasteiger partial charge in [-0.25, -0.2) is 18.2 Å². The molecule has 8 nitrogen and oxygen atoms in total.